The van der Waals surface area contributed by atoms with Gasteiger partial charge in [-0.15, -0.1) is 0 Å². The first kappa shape index (κ1) is 8.92. The van der Waals surface area contributed by atoms with Gasteiger partial charge in [0.15, 0.2) is 0 Å². The lowest BCUT2D eigenvalue weighted by Gasteiger charge is -2.26. The Hall–Kier alpha value is -1.17. The molecule has 0 aromatic heterocycles. The topological polar surface area (TPSA) is 30.3 Å². The number of unbranched alkanes of at least 4 members (excludes halogenated alkanes) is 1. The fourth-order valence-corrected chi connectivity index (χ4v) is 1.28. The van der Waals surface area contributed by atoms with Gasteiger partial charge in [0.2, 0.25) is 0 Å². The third-order valence-corrected chi connectivity index (χ3v) is 2.27. The van der Waals surface area contributed by atoms with E-state index in [9.17, 15) is 0 Å². The summed E-state index contributed by atoms with van der Waals surface area (Å²) in [6, 6.07) is 2.15. The van der Waals surface area contributed by atoms with E-state index in [1.807, 2.05) is 0 Å². The molecule has 0 N–H and O–H groups in total. The van der Waals surface area contributed by atoms with E-state index in [-0.39, 0.29) is 0 Å². The first-order chi connectivity index (χ1) is 5.75. The molecule has 0 aromatic carbocycles. The van der Waals surface area contributed by atoms with Gasteiger partial charge in [-0.25, -0.2) is 0 Å². The molecule has 3 nitrogen and oxygen atoms in total. The van der Waals surface area contributed by atoms with Crippen LogP contribution in [0.25, 0.3) is 0 Å². The Bertz CT molecular complexity index is 204. The summed E-state index contributed by atoms with van der Waals surface area (Å²) in [5.74, 6) is 0. The summed E-state index contributed by atoms with van der Waals surface area (Å²) in [4.78, 5) is 4.41. The average Bonchev–Trinajstić information content (AvgIpc) is 2.36. The predicted octanol–water partition coefficient (Wildman–Crippen LogP) is 1.35. The molecule has 66 valence electrons. The maximum atomic E-state index is 8.36. The zero-order valence-corrected chi connectivity index (χ0v) is 7.70. The summed E-state index contributed by atoms with van der Waals surface area (Å²) >= 11 is 0. The molecular weight excluding hydrogens is 150 g/mol. The van der Waals surface area contributed by atoms with Crippen LogP contribution in [0.2, 0.25) is 0 Å². The molecule has 1 aliphatic heterocycles. The van der Waals surface area contributed by atoms with Gasteiger partial charge in [-0.2, -0.15) is 5.26 Å². The van der Waals surface area contributed by atoms with Crippen molar-refractivity contribution in [1.29, 1.82) is 5.26 Å². The Morgan fingerprint density at radius 1 is 1.50 bits per heavy atom. The van der Waals surface area contributed by atoms with Crippen LogP contribution in [-0.2, 0) is 0 Å². The molecule has 0 spiro atoms. The van der Waals surface area contributed by atoms with Crippen molar-refractivity contribution >= 4 is 0 Å². The van der Waals surface area contributed by atoms with Crippen molar-refractivity contribution in [2.45, 2.75) is 25.9 Å². The molecule has 1 heterocycles. The fourth-order valence-electron chi connectivity index (χ4n) is 1.28. The van der Waals surface area contributed by atoms with Crippen LogP contribution in [-0.4, -0.2) is 29.6 Å². The predicted molar refractivity (Wildman–Crippen MR) is 47.9 cm³/mol. The van der Waals surface area contributed by atoms with Gasteiger partial charge in [0, 0.05) is 32.4 Å². The van der Waals surface area contributed by atoms with Crippen LogP contribution in [0.5, 0.6) is 0 Å². The molecule has 0 aliphatic carbocycles. The molecule has 1 aliphatic rings. The maximum Gasteiger partial charge on any atom is 0.0974 e. The van der Waals surface area contributed by atoms with Gasteiger partial charge in [0.05, 0.1) is 12.2 Å². The lowest BCUT2D eigenvalue weighted by atomic mass is 10.3. The van der Waals surface area contributed by atoms with E-state index in [1.165, 1.54) is 0 Å². The highest BCUT2D eigenvalue weighted by Crippen LogP contribution is 2.13. The number of hydrogen-bond donors (Lipinski definition) is 0. The second-order valence-electron chi connectivity index (χ2n) is 3.09. The molecule has 1 rings (SSSR count). The molecule has 0 aromatic rings. The number of nitriles is 1. The first-order valence-corrected chi connectivity index (χ1v) is 4.28. The third-order valence-electron chi connectivity index (χ3n) is 2.27. The van der Waals surface area contributed by atoms with E-state index in [0.717, 1.165) is 13.0 Å². The van der Waals surface area contributed by atoms with E-state index >= 15 is 0 Å². The molecule has 0 amide bonds. The normalized spacial score (nSPS) is 21.6. The van der Waals surface area contributed by atoms with Gasteiger partial charge in [0.1, 0.15) is 0 Å². The molecule has 0 fully saturated rings. The Kier molecular flexibility index (Phi) is 2.98. The first-order valence-electron chi connectivity index (χ1n) is 4.28. The van der Waals surface area contributed by atoms with E-state index in [4.69, 9.17) is 5.26 Å². The van der Waals surface area contributed by atoms with Crippen LogP contribution in [0.15, 0.2) is 12.4 Å². The van der Waals surface area contributed by atoms with Crippen molar-refractivity contribution in [3.05, 3.63) is 12.4 Å². The molecule has 0 saturated carbocycles. The van der Waals surface area contributed by atoms with E-state index in [1.54, 1.807) is 0 Å². The molecule has 1 unspecified atom stereocenters. The van der Waals surface area contributed by atoms with Gasteiger partial charge >= 0.3 is 0 Å². The lowest BCUT2D eigenvalue weighted by molar-refractivity contribution is 0.194. The summed E-state index contributed by atoms with van der Waals surface area (Å²) in [6.45, 7) is 3.14. The Morgan fingerprint density at radius 2 is 2.25 bits per heavy atom. The summed E-state index contributed by atoms with van der Waals surface area (Å²) in [5.41, 5.74) is 0. The monoisotopic (exact) mass is 165 g/mol. The van der Waals surface area contributed by atoms with Crippen LogP contribution in [0.1, 0.15) is 19.8 Å². The Balaban J connectivity index is 2.26. The van der Waals surface area contributed by atoms with Crippen molar-refractivity contribution in [2.24, 2.45) is 0 Å². The number of rotatable bonds is 3. The molecule has 1 atom stereocenters. The Morgan fingerprint density at radius 3 is 2.75 bits per heavy atom. The van der Waals surface area contributed by atoms with Crippen LogP contribution in [0, 0.1) is 11.3 Å². The maximum absolute atomic E-state index is 8.36. The van der Waals surface area contributed by atoms with Gasteiger partial charge < -0.3 is 9.80 Å². The minimum absolute atomic E-state index is 0.448. The van der Waals surface area contributed by atoms with Gasteiger partial charge in [0.25, 0.3) is 0 Å². The molecule has 3 heteroatoms. The van der Waals surface area contributed by atoms with Crippen molar-refractivity contribution < 1.29 is 0 Å². The minimum atomic E-state index is 0.448. The van der Waals surface area contributed by atoms with E-state index < -0.39 is 0 Å². The van der Waals surface area contributed by atoms with Gasteiger partial charge in [-0.3, -0.25) is 0 Å². The quantitative estimate of drug-likeness (QED) is 0.591. The zero-order chi connectivity index (χ0) is 8.97. The molecular formula is C9H15N3. The Labute approximate surface area is 73.9 Å². The van der Waals surface area contributed by atoms with Crippen molar-refractivity contribution in [1.82, 2.24) is 9.80 Å². The highest BCUT2D eigenvalue weighted by Gasteiger charge is 2.16. The smallest absolute Gasteiger partial charge is 0.0974 e. The van der Waals surface area contributed by atoms with Gasteiger partial charge in [-0.1, -0.05) is 0 Å². The van der Waals surface area contributed by atoms with Crippen molar-refractivity contribution in [2.75, 3.05) is 13.6 Å². The van der Waals surface area contributed by atoms with Crippen molar-refractivity contribution in [3.63, 3.8) is 0 Å². The van der Waals surface area contributed by atoms with Crippen LogP contribution in [0.3, 0.4) is 0 Å². The largest absolute Gasteiger partial charge is 0.359 e. The molecule has 0 bridgehead atoms. The SMILES string of the molecule is CC1N(C)C=CN1CCCC#N. The fraction of sp³-hybridized carbons (Fsp3) is 0.667. The number of nitrogens with zero attached hydrogens (tertiary/aromatic N) is 3. The third kappa shape index (κ3) is 1.91. The zero-order valence-electron chi connectivity index (χ0n) is 7.70. The lowest BCUT2D eigenvalue weighted by Crippen LogP contribution is -2.33. The van der Waals surface area contributed by atoms with Gasteiger partial charge in [-0.05, 0) is 13.3 Å². The molecule has 0 saturated heterocycles. The minimum Gasteiger partial charge on any atom is -0.359 e. The standard InChI is InChI=1S/C9H15N3/c1-9-11(2)7-8-12(9)6-4-3-5-10/h7-9H,3-4,6H2,1-2H3. The second kappa shape index (κ2) is 4.01. The molecule has 12 heavy (non-hydrogen) atoms. The number of hydrogen-bond acceptors (Lipinski definition) is 3. The van der Waals surface area contributed by atoms with Crippen LogP contribution < -0.4 is 0 Å². The summed E-state index contributed by atoms with van der Waals surface area (Å²) in [6.07, 6.45) is 6.21. The summed E-state index contributed by atoms with van der Waals surface area (Å²) in [5, 5.41) is 8.36. The summed E-state index contributed by atoms with van der Waals surface area (Å²) < 4.78 is 0. The van der Waals surface area contributed by atoms with Crippen LogP contribution in [0.4, 0.5) is 0 Å². The average molecular weight is 165 g/mol. The molecule has 0 radical (unpaired) electrons. The highest BCUT2D eigenvalue weighted by molar-refractivity contribution is 4.93. The van der Waals surface area contributed by atoms with E-state index in [2.05, 4.69) is 42.2 Å². The highest BCUT2D eigenvalue weighted by atomic mass is 15.4. The second-order valence-corrected chi connectivity index (χ2v) is 3.09. The van der Waals surface area contributed by atoms with Crippen LogP contribution >= 0.6 is 0 Å². The van der Waals surface area contributed by atoms with Crippen molar-refractivity contribution in [3.8, 4) is 6.07 Å². The van der Waals surface area contributed by atoms with E-state index in [0.29, 0.717) is 12.6 Å². The summed E-state index contributed by atoms with van der Waals surface area (Å²) in [7, 11) is 2.06.